The minimum atomic E-state index is -0.831. The molecular formula is C14H12BrFN2O3. The van der Waals surface area contributed by atoms with Gasteiger partial charge in [0, 0.05) is 28.8 Å². The maximum atomic E-state index is 13.0. The molecule has 2 aromatic carbocycles. The van der Waals surface area contributed by atoms with E-state index in [1.165, 1.54) is 36.4 Å². The Morgan fingerprint density at radius 2 is 1.95 bits per heavy atom. The summed E-state index contributed by atoms with van der Waals surface area (Å²) in [6.45, 7) is 0.196. The Bertz CT molecular complexity index is 649. The monoisotopic (exact) mass is 354 g/mol. The summed E-state index contributed by atoms with van der Waals surface area (Å²) >= 11 is 3.22. The highest BCUT2D eigenvalue weighted by molar-refractivity contribution is 9.10. The highest BCUT2D eigenvalue weighted by atomic mass is 79.9. The highest BCUT2D eigenvalue weighted by Crippen LogP contribution is 2.24. The topological polar surface area (TPSA) is 75.4 Å². The lowest BCUT2D eigenvalue weighted by molar-refractivity contribution is -0.384. The molecule has 0 bridgehead atoms. The second-order valence-corrected chi connectivity index (χ2v) is 5.22. The third kappa shape index (κ3) is 3.99. The van der Waals surface area contributed by atoms with Crippen LogP contribution in [0.2, 0.25) is 0 Å². The predicted molar refractivity (Wildman–Crippen MR) is 80.6 cm³/mol. The van der Waals surface area contributed by atoms with Crippen LogP contribution in [0.15, 0.2) is 46.9 Å². The molecule has 2 aromatic rings. The molecule has 21 heavy (non-hydrogen) atoms. The average molecular weight is 355 g/mol. The number of nitrogens with zero attached hydrogens (tertiary/aromatic N) is 1. The highest BCUT2D eigenvalue weighted by Gasteiger charge is 2.11. The summed E-state index contributed by atoms with van der Waals surface area (Å²) < 4.78 is 13.5. The fraction of sp³-hybridized carbons (Fsp3) is 0.143. The number of aliphatic hydroxyl groups excluding tert-OH is 1. The molecule has 5 nitrogen and oxygen atoms in total. The molecule has 0 heterocycles. The molecule has 2 N–H and O–H groups in total. The summed E-state index contributed by atoms with van der Waals surface area (Å²) in [7, 11) is 0. The zero-order valence-electron chi connectivity index (χ0n) is 10.8. The molecule has 0 aromatic heterocycles. The van der Waals surface area contributed by atoms with E-state index < -0.39 is 11.0 Å². The van der Waals surface area contributed by atoms with Crippen molar-refractivity contribution >= 4 is 27.3 Å². The first-order valence-electron chi connectivity index (χ1n) is 6.08. The molecule has 0 aliphatic heterocycles. The van der Waals surface area contributed by atoms with Crippen molar-refractivity contribution in [2.45, 2.75) is 6.10 Å². The van der Waals surface area contributed by atoms with E-state index in [2.05, 4.69) is 21.2 Å². The number of aliphatic hydroxyl groups is 1. The molecule has 7 heteroatoms. The zero-order valence-corrected chi connectivity index (χ0v) is 12.4. The predicted octanol–water partition coefficient (Wildman–Crippen LogP) is 3.64. The fourth-order valence-corrected chi connectivity index (χ4v) is 2.27. The van der Waals surface area contributed by atoms with Gasteiger partial charge in [-0.25, -0.2) is 4.39 Å². The van der Waals surface area contributed by atoms with Crippen LogP contribution in [-0.4, -0.2) is 16.6 Å². The van der Waals surface area contributed by atoms with Crippen LogP contribution >= 0.6 is 15.9 Å². The molecule has 1 unspecified atom stereocenters. The third-order valence-corrected chi connectivity index (χ3v) is 3.56. The van der Waals surface area contributed by atoms with Gasteiger partial charge >= 0.3 is 0 Å². The Kier molecular flexibility index (Phi) is 4.87. The van der Waals surface area contributed by atoms with Gasteiger partial charge in [0.15, 0.2) is 0 Å². The number of nitro groups is 1. The van der Waals surface area contributed by atoms with Crippen molar-refractivity contribution in [3.63, 3.8) is 0 Å². The minimum Gasteiger partial charge on any atom is -0.387 e. The number of nitrogens with one attached hydrogen (secondary N) is 1. The standard InChI is InChI=1S/C14H12BrFN2O3/c15-12-7-10(16)3-6-13(12)17-8-14(19)9-1-4-11(5-2-9)18(20)21/h1-7,14,17,19H,8H2. The van der Waals surface area contributed by atoms with Crippen LogP contribution in [0.1, 0.15) is 11.7 Å². The van der Waals surface area contributed by atoms with Crippen LogP contribution < -0.4 is 5.32 Å². The van der Waals surface area contributed by atoms with Crippen molar-refractivity contribution in [1.29, 1.82) is 0 Å². The fourth-order valence-electron chi connectivity index (χ4n) is 1.78. The second-order valence-electron chi connectivity index (χ2n) is 4.37. The lowest BCUT2D eigenvalue weighted by Crippen LogP contribution is -2.12. The average Bonchev–Trinajstić information content (AvgIpc) is 2.46. The molecule has 0 spiro atoms. The molecule has 1 atom stereocenters. The van der Waals surface area contributed by atoms with Crippen LogP contribution in [0.4, 0.5) is 15.8 Å². The van der Waals surface area contributed by atoms with Crippen molar-refractivity contribution in [3.05, 3.63) is 68.4 Å². The Balaban J connectivity index is 2.01. The third-order valence-electron chi connectivity index (χ3n) is 2.91. The summed E-state index contributed by atoms with van der Waals surface area (Å²) in [5.74, 6) is -0.358. The molecular weight excluding hydrogens is 343 g/mol. The van der Waals surface area contributed by atoms with E-state index >= 15 is 0 Å². The van der Waals surface area contributed by atoms with Crippen molar-refractivity contribution in [1.82, 2.24) is 0 Å². The van der Waals surface area contributed by atoms with Gasteiger partial charge in [0.2, 0.25) is 0 Å². The molecule has 0 saturated heterocycles. The number of benzene rings is 2. The molecule has 0 saturated carbocycles. The van der Waals surface area contributed by atoms with E-state index in [1.807, 2.05) is 0 Å². The van der Waals surface area contributed by atoms with E-state index in [0.29, 0.717) is 15.7 Å². The van der Waals surface area contributed by atoms with Crippen LogP contribution in [0.25, 0.3) is 0 Å². The van der Waals surface area contributed by atoms with Gasteiger partial charge in [-0.05, 0) is 51.8 Å². The van der Waals surface area contributed by atoms with E-state index in [4.69, 9.17) is 0 Å². The summed E-state index contributed by atoms with van der Waals surface area (Å²) in [6.07, 6.45) is -0.831. The van der Waals surface area contributed by atoms with Gasteiger partial charge in [0.1, 0.15) is 5.82 Å². The Morgan fingerprint density at radius 3 is 2.52 bits per heavy atom. The first kappa shape index (κ1) is 15.4. The SMILES string of the molecule is O=[N+]([O-])c1ccc(C(O)CNc2ccc(F)cc2Br)cc1. The first-order chi connectivity index (χ1) is 9.97. The number of nitro benzene ring substituents is 1. The second kappa shape index (κ2) is 6.64. The van der Waals surface area contributed by atoms with Crippen LogP contribution in [-0.2, 0) is 0 Å². The molecule has 110 valence electrons. The molecule has 0 aliphatic rings. The van der Waals surface area contributed by atoms with Gasteiger partial charge in [0.05, 0.1) is 11.0 Å². The van der Waals surface area contributed by atoms with Crippen molar-refractivity contribution in [2.24, 2.45) is 0 Å². The quantitative estimate of drug-likeness (QED) is 0.634. The maximum Gasteiger partial charge on any atom is 0.269 e. The maximum absolute atomic E-state index is 13.0. The van der Waals surface area contributed by atoms with E-state index in [1.54, 1.807) is 6.07 Å². The van der Waals surface area contributed by atoms with E-state index in [-0.39, 0.29) is 18.0 Å². The molecule has 0 aliphatic carbocycles. The summed E-state index contributed by atoms with van der Waals surface area (Å²) in [5.41, 5.74) is 1.18. The van der Waals surface area contributed by atoms with Crippen LogP contribution in [0, 0.1) is 15.9 Å². The largest absolute Gasteiger partial charge is 0.387 e. The first-order valence-corrected chi connectivity index (χ1v) is 6.88. The molecule has 0 amide bonds. The molecule has 0 radical (unpaired) electrons. The smallest absolute Gasteiger partial charge is 0.269 e. The number of non-ortho nitro benzene ring substituents is 1. The van der Waals surface area contributed by atoms with Crippen LogP contribution in [0.3, 0.4) is 0 Å². The van der Waals surface area contributed by atoms with Crippen molar-refractivity contribution in [2.75, 3.05) is 11.9 Å². The number of hydrogen-bond donors (Lipinski definition) is 2. The summed E-state index contributed by atoms with van der Waals surface area (Å²) in [4.78, 5) is 10.1. The summed E-state index contributed by atoms with van der Waals surface area (Å²) in [6, 6.07) is 9.88. The number of anilines is 1. The Labute approximate surface area is 128 Å². The normalized spacial score (nSPS) is 12.0. The lowest BCUT2D eigenvalue weighted by Gasteiger charge is -2.14. The van der Waals surface area contributed by atoms with Gasteiger partial charge in [-0.2, -0.15) is 0 Å². The summed E-state index contributed by atoms with van der Waals surface area (Å²) in [5, 5.41) is 23.6. The molecule has 0 fully saturated rings. The zero-order chi connectivity index (χ0) is 15.4. The van der Waals surface area contributed by atoms with E-state index in [9.17, 15) is 19.6 Å². The van der Waals surface area contributed by atoms with Crippen molar-refractivity contribution < 1.29 is 14.4 Å². The van der Waals surface area contributed by atoms with Gasteiger partial charge in [-0.1, -0.05) is 0 Å². The number of halogens is 2. The van der Waals surface area contributed by atoms with Crippen molar-refractivity contribution in [3.8, 4) is 0 Å². The van der Waals surface area contributed by atoms with Gasteiger partial charge in [-0.15, -0.1) is 0 Å². The Hall–Kier alpha value is -1.99. The number of rotatable bonds is 5. The van der Waals surface area contributed by atoms with Gasteiger partial charge in [-0.3, -0.25) is 10.1 Å². The lowest BCUT2D eigenvalue weighted by atomic mass is 10.1. The Morgan fingerprint density at radius 1 is 1.29 bits per heavy atom. The van der Waals surface area contributed by atoms with Crippen LogP contribution in [0.5, 0.6) is 0 Å². The minimum absolute atomic E-state index is 0.0276. The molecule has 2 rings (SSSR count). The van der Waals surface area contributed by atoms with Gasteiger partial charge < -0.3 is 10.4 Å². The van der Waals surface area contributed by atoms with Gasteiger partial charge in [0.25, 0.3) is 5.69 Å². The van der Waals surface area contributed by atoms with E-state index in [0.717, 1.165) is 0 Å². The number of hydrogen-bond acceptors (Lipinski definition) is 4.